The summed E-state index contributed by atoms with van der Waals surface area (Å²) in [6, 6.07) is 26.0. The lowest BCUT2D eigenvalue weighted by atomic mass is 10.0. The molecule has 258 valence electrons. The SMILES string of the molecule is COc1cc(N=Nc2cccc(S(=O)(=O)O)c2)ccc1Cc1nc(Cc2ccc(N=Nc3ccccc3)cc2C)nc(N(CCO)CCO)n1. The molecule has 0 aliphatic carbocycles. The fraction of sp³-hybridized carbons (Fsp3) is 0.229. The summed E-state index contributed by atoms with van der Waals surface area (Å²) in [5, 5.41) is 36.3. The van der Waals surface area contributed by atoms with Crippen LogP contribution in [0.1, 0.15) is 28.3 Å². The first kappa shape index (κ1) is 35.8. The monoisotopic (exact) mass is 696 g/mol. The molecule has 0 fully saturated rings. The number of nitrogens with zero attached hydrogens (tertiary/aromatic N) is 8. The fourth-order valence-corrected chi connectivity index (χ4v) is 5.48. The highest BCUT2D eigenvalue weighted by atomic mass is 32.2. The zero-order valence-corrected chi connectivity index (χ0v) is 28.3. The molecule has 0 radical (unpaired) electrons. The van der Waals surface area contributed by atoms with E-state index in [-0.39, 0.29) is 43.3 Å². The summed E-state index contributed by atoms with van der Waals surface area (Å²) in [7, 11) is -2.86. The second kappa shape index (κ2) is 16.8. The van der Waals surface area contributed by atoms with Crippen LogP contribution in [-0.4, -0.2) is 71.5 Å². The number of aliphatic hydroxyl groups is 2. The van der Waals surface area contributed by atoms with Gasteiger partial charge in [-0.3, -0.25) is 4.55 Å². The van der Waals surface area contributed by atoms with Crippen LogP contribution < -0.4 is 9.64 Å². The molecule has 1 aromatic heterocycles. The van der Waals surface area contributed by atoms with Gasteiger partial charge in [0.1, 0.15) is 17.4 Å². The number of aryl methyl sites for hydroxylation is 1. The summed E-state index contributed by atoms with van der Waals surface area (Å²) in [4.78, 5) is 15.6. The van der Waals surface area contributed by atoms with E-state index in [0.29, 0.717) is 41.1 Å². The predicted molar refractivity (Wildman–Crippen MR) is 187 cm³/mol. The van der Waals surface area contributed by atoms with E-state index < -0.39 is 10.1 Å². The van der Waals surface area contributed by atoms with Gasteiger partial charge in [0.2, 0.25) is 5.95 Å². The maximum Gasteiger partial charge on any atom is 0.294 e. The predicted octanol–water partition coefficient (Wildman–Crippen LogP) is 6.24. The average molecular weight is 697 g/mol. The van der Waals surface area contributed by atoms with Gasteiger partial charge < -0.3 is 19.8 Å². The van der Waals surface area contributed by atoms with Crippen LogP contribution in [0.2, 0.25) is 0 Å². The molecule has 0 aliphatic rings. The van der Waals surface area contributed by atoms with Crippen LogP contribution in [-0.2, 0) is 23.0 Å². The third-order valence-corrected chi connectivity index (χ3v) is 8.32. The molecule has 5 aromatic rings. The first-order valence-electron chi connectivity index (χ1n) is 15.6. The van der Waals surface area contributed by atoms with E-state index in [1.54, 1.807) is 29.2 Å². The molecule has 0 unspecified atom stereocenters. The molecule has 1 heterocycles. The van der Waals surface area contributed by atoms with Crippen molar-refractivity contribution >= 4 is 38.8 Å². The molecule has 50 heavy (non-hydrogen) atoms. The van der Waals surface area contributed by atoms with Gasteiger partial charge in [0, 0.05) is 37.6 Å². The summed E-state index contributed by atoms with van der Waals surface area (Å²) in [5.74, 6) is 1.78. The molecular formula is C35H36N8O6S. The van der Waals surface area contributed by atoms with Crippen molar-refractivity contribution in [1.82, 2.24) is 15.0 Å². The van der Waals surface area contributed by atoms with Crippen molar-refractivity contribution in [2.24, 2.45) is 20.5 Å². The van der Waals surface area contributed by atoms with Crippen molar-refractivity contribution in [1.29, 1.82) is 0 Å². The molecular weight excluding hydrogens is 661 g/mol. The molecule has 0 spiro atoms. The molecule has 0 saturated carbocycles. The average Bonchev–Trinajstić information content (AvgIpc) is 3.11. The van der Waals surface area contributed by atoms with Crippen molar-refractivity contribution < 1.29 is 27.9 Å². The number of anilines is 1. The van der Waals surface area contributed by atoms with Crippen molar-refractivity contribution in [3.63, 3.8) is 0 Å². The second-order valence-corrected chi connectivity index (χ2v) is 12.5. The summed E-state index contributed by atoms with van der Waals surface area (Å²) >= 11 is 0. The van der Waals surface area contributed by atoms with E-state index in [4.69, 9.17) is 14.7 Å². The Morgan fingerprint density at radius 2 is 1.24 bits per heavy atom. The van der Waals surface area contributed by atoms with Gasteiger partial charge in [-0.25, -0.2) is 4.98 Å². The number of azo groups is 2. The number of hydrogen-bond acceptors (Lipinski definition) is 13. The van der Waals surface area contributed by atoms with Crippen LogP contribution in [0.25, 0.3) is 0 Å². The van der Waals surface area contributed by atoms with E-state index in [1.165, 1.54) is 25.3 Å². The number of methoxy groups -OCH3 is 1. The lowest BCUT2D eigenvalue weighted by molar-refractivity contribution is 0.280. The van der Waals surface area contributed by atoms with Gasteiger partial charge in [-0.2, -0.15) is 38.8 Å². The Balaban J connectivity index is 1.41. The zero-order chi connectivity index (χ0) is 35.5. The van der Waals surface area contributed by atoms with Gasteiger partial charge >= 0.3 is 0 Å². The Labute approximate surface area is 289 Å². The lowest BCUT2D eigenvalue weighted by Gasteiger charge is -2.21. The Morgan fingerprint density at radius 3 is 1.84 bits per heavy atom. The van der Waals surface area contributed by atoms with Crippen molar-refractivity contribution in [3.05, 3.63) is 119 Å². The fourth-order valence-electron chi connectivity index (χ4n) is 4.96. The molecule has 0 aliphatic heterocycles. The molecule has 0 saturated heterocycles. The lowest BCUT2D eigenvalue weighted by Crippen LogP contribution is -2.32. The maximum absolute atomic E-state index is 11.5. The Morgan fingerprint density at radius 1 is 0.680 bits per heavy atom. The Bertz CT molecular complexity index is 2090. The van der Waals surface area contributed by atoms with Crippen LogP contribution in [0.3, 0.4) is 0 Å². The van der Waals surface area contributed by atoms with Crippen LogP contribution in [0.5, 0.6) is 5.75 Å². The zero-order valence-electron chi connectivity index (χ0n) is 27.5. The summed E-state index contributed by atoms with van der Waals surface area (Å²) in [5.41, 5.74) is 4.88. The summed E-state index contributed by atoms with van der Waals surface area (Å²) in [6.45, 7) is 2.12. The molecule has 15 heteroatoms. The number of aliphatic hydroxyl groups excluding tert-OH is 2. The number of benzene rings is 4. The smallest absolute Gasteiger partial charge is 0.294 e. The third kappa shape index (κ3) is 9.79. The van der Waals surface area contributed by atoms with Crippen LogP contribution in [0.15, 0.2) is 116 Å². The van der Waals surface area contributed by atoms with Gasteiger partial charge in [-0.1, -0.05) is 36.4 Å². The minimum absolute atomic E-state index is 0.154. The highest BCUT2D eigenvalue weighted by molar-refractivity contribution is 7.85. The van der Waals surface area contributed by atoms with Crippen molar-refractivity contribution in [2.75, 3.05) is 38.3 Å². The third-order valence-electron chi connectivity index (χ3n) is 7.47. The molecule has 0 amide bonds. The normalized spacial score (nSPS) is 11.8. The number of hydrogen-bond donors (Lipinski definition) is 3. The second-order valence-electron chi connectivity index (χ2n) is 11.1. The van der Waals surface area contributed by atoms with Crippen LogP contribution in [0, 0.1) is 6.92 Å². The number of rotatable bonds is 15. The van der Waals surface area contributed by atoms with E-state index in [0.717, 1.165) is 22.4 Å². The molecule has 0 bridgehead atoms. The summed E-state index contributed by atoms with van der Waals surface area (Å²) in [6.07, 6.45) is 0.662. The highest BCUT2D eigenvalue weighted by Gasteiger charge is 2.17. The molecule has 4 aromatic carbocycles. The highest BCUT2D eigenvalue weighted by Crippen LogP contribution is 2.29. The topological polar surface area (TPSA) is 195 Å². The molecule has 0 atom stereocenters. The standard InChI is InChI=1S/C35H36N8O6S/c1-24-19-29(41-39-27-7-4-3-5-8-27)13-11-25(24)20-33-36-34(38-35(37-33)43(15-17-44)16-18-45)21-26-12-14-30(23-32(26)49-2)42-40-28-9-6-10-31(22-28)50(46,47)48/h3-14,19,22-23,44-45H,15-18,20-21H2,1-2H3,(H,46,47,48). The molecule has 5 rings (SSSR count). The minimum atomic E-state index is -4.38. The number of ether oxygens (including phenoxy) is 1. The van der Waals surface area contributed by atoms with Gasteiger partial charge in [-0.05, 0) is 66.6 Å². The Hall–Kier alpha value is -5.48. The van der Waals surface area contributed by atoms with Gasteiger partial charge in [0.25, 0.3) is 10.1 Å². The van der Waals surface area contributed by atoms with Crippen molar-refractivity contribution in [2.45, 2.75) is 24.7 Å². The van der Waals surface area contributed by atoms with E-state index in [2.05, 4.69) is 25.4 Å². The van der Waals surface area contributed by atoms with E-state index in [1.807, 2.05) is 55.5 Å². The molecule has 3 N–H and O–H groups in total. The van der Waals surface area contributed by atoms with Crippen LogP contribution >= 0.6 is 0 Å². The first-order chi connectivity index (χ1) is 24.1. The van der Waals surface area contributed by atoms with Gasteiger partial charge in [0.05, 0.1) is 48.0 Å². The quantitative estimate of drug-likeness (QED) is 0.0833. The first-order valence-corrected chi connectivity index (χ1v) is 17.0. The number of aromatic nitrogens is 3. The van der Waals surface area contributed by atoms with Crippen LogP contribution in [0.4, 0.5) is 28.7 Å². The van der Waals surface area contributed by atoms with E-state index >= 15 is 0 Å². The maximum atomic E-state index is 11.5. The van der Waals surface area contributed by atoms with Crippen molar-refractivity contribution in [3.8, 4) is 5.75 Å². The largest absolute Gasteiger partial charge is 0.496 e. The van der Waals surface area contributed by atoms with E-state index in [9.17, 15) is 23.2 Å². The van der Waals surface area contributed by atoms with Gasteiger partial charge in [0.15, 0.2) is 0 Å². The minimum Gasteiger partial charge on any atom is -0.496 e. The molecule has 14 nitrogen and oxygen atoms in total. The summed E-state index contributed by atoms with van der Waals surface area (Å²) < 4.78 is 37.9. The van der Waals surface area contributed by atoms with Gasteiger partial charge in [-0.15, -0.1) is 0 Å². The Kier molecular flexibility index (Phi) is 12.0.